The van der Waals surface area contributed by atoms with E-state index in [0.717, 1.165) is 11.1 Å². The molecule has 0 N–H and O–H groups in total. The molecule has 2 aliphatic heterocycles. The van der Waals surface area contributed by atoms with E-state index in [0.29, 0.717) is 51.3 Å². The molecule has 2 aromatic carbocycles. The van der Waals surface area contributed by atoms with Crippen molar-refractivity contribution in [1.29, 1.82) is 0 Å². The average molecular weight is 644 g/mol. The minimum atomic E-state index is -4.57. The number of rotatable bonds is 12. The van der Waals surface area contributed by atoms with Crippen molar-refractivity contribution >= 4 is 5.91 Å². The smallest absolute Gasteiger partial charge is 0.422 e. The number of hydrogen-bond donors (Lipinski definition) is 0. The maximum atomic E-state index is 13.2. The van der Waals surface area contributed by atoms with Crippen LogP contribution in [0.5, 0.6) is 17.8 Å². The summed E-state index contributed by atoms with van der Waals surface area (Å²) < 4.78 is 60.7. The third kappa shape index (κ3) is 8.06. The van der Waals surface area contributed by atoms with Crippen molar-refractivity contribution in [3.8, 4) is 17.8 Å². The Bertz CT molecular complexity index is 1390. The van der Waals surface area contributed by atoms with Crippen LogP contribution in [0, 0.1) is 0 Å². The van der Waals surface area contributed by atoms with E-state index >= 15 is 0 Å². The van der Waals surface area contributed by atoms with Crippen LogP contribution >= 0.6 is 0 Å². The first-order chi connectivity index (χ1) is 22.2. The van der Waals surface area contributed by atoms with Gasteiger partial charge in [0, 0.05) is 64.4 Å². The van der Waals surface area contributed by atoms with Crippen LogP contribution in [-0.2, 0) is 16.1 Å². The van der Waals surface area contributed by atoms with Crippen molar-refractivity contribution in [2.45, 2.75) is 37.1 Å². The molecule has 2 atom stereocenters. The van der Waals surface area contributed by atoms with E-state index in [2.05, 4.69) is 44.0 Å². The fraction of sp³-hybridized carbons (Fsp3) is 0.485. The molecule has 0 bridgehead atoms. The third-order valence-corrected chi connectivity index (χ3v) is 8.48. The van der Waals surface area contributed by atoms with E-state index in [1.807, 2.05) is 41.3 Å². The summed E-state index contributed by atoms with van der Waals surface area (Å²) >= 11 is 0. The summed E-state index contributed by atoms with van der Waals surface area (Å²) in [6.45, 7) is 1.92. The molecule has 1 aromatic heterocycles. The number of halogens is 3. The van der Waals surface area contributed by atoms with Gasteiger partial charge in [-0.25, -0.2) is 0 Å². The number of methoxy groups -OCH3 is 3. The molecule has 2 aliphatic rings. The van der Waals surface area contributed by atoms with Crippen LogP contribution in [0.15, 0.2) is 60.7 Å². The molecule has 0 radical (unpaired) electrons. The number of carbonyl (C=O) groups is 1. The molecule has 10 nitrogen and oxygen atoms in total. The Morgan fingerprint density at radius 2 is 1.54 bits per heavy atom. The molecule has 1 amide bonds. The predicted molar refractivity (Wildman–Crippen MR) is 164 cm³/mol. The number of benzene rings is 2. The van der Waals surface area contributed by atoms with Gasteiger partial charge in [-0.3, -0.25) is 14.6 Å². The lowest BCUT2D eigenvalue weighted by atomic mass is 9.81. The molecule has 3 aromatic rings. The largest absolute Gasteiger partial charge is 0.481 e. The van der Waals surface area contributed by atoms with Gasteiger partial charge in [0.15, 0.2) is 6.61 Å². The molecule has 5 rings (SSSR count). The summed E-state index contributed by atoms with van der Waals surface area (Å²) in [5.74, 6) is -0.155. The van der Waals surface area contributed by atoms with Gasteiger partial charge in [-0.2, -0.15) is 23.1 Å². The van der Waals surface area contributed by atoms with Crippen molar-refractivity contribution in [1.82, 2.24) is 24.7 Å². The number of aromatic nitrogens is 2. The molecule has 46 heavy (non-hydrogen) atoms. The summed E-state index contributed by atoms with van der Waals surface area (Å²) in [4.78, 5) is 28.0. The zero-order chi connectivity index (χ0) is 32.7. The van der Waals surface area contributed by atoms with E-state index in [9.17, 15) is 18.0 Å². The zero-order valence-electron chi connectivity index (χ0n) is 26.3. The standard InChI is InChI=1S/C33H40F3N5O5/c1-43-17-14-28(42)40-15-16-41-25(19-40)18-39(20-26-30(44-2)37-32(45-3)38-31(26)46-22-33(34,35)36)21-27(41)29(23-10-6-4-7-11-23)24-12-8-5-9-13-24/h4-13,25,27,29H,14-22H2,1-3H3/t25-,27?/m1/s1. The third-order valence-electron chi connectivity index (χ3n) is 8.48. The Morgan fingerprint density at radius 3 is 2.13 bits per heavy atom. The molecule has 0 spiro atoms. The molecule has 2 fully saturated rings. The van der Waals surface area contributed by atoms with Gasteiger partial charge >= 0.3 is 12.2 Å². The molecule has 0 saturated carbocycles. The van der Waals surface area contributed by atoms with Crippen molar-refractivity contribution in [3.63, 3.8) is 0 Å². The maximum absolute atomic E-state index is 13.2. The number of piperazine rings is 2. The molecule has 1 unspecified atom stereocenters. The quantitative estimate of drug-likeness (QED) is 0.291. The van der Waals surface area contributed by atoms with Gasteiger partial charge in [0.2, 0.25) is 17.7 Å². The summed E-state index contributed by atoms with van der Waals surface area (Å²) in [6.07, 6.45) is -4.27. The Kier molecular flexibility index (Phi) is 11.0. The van der Waals surface area contributed by atoms with Gasteiger partial charge in [-0.1, -0.05) is 60.7 Å². The minimum Gasteiger partial charge on any atom is -0.481 e. The van der Waals surface area contributed by atoms with Gasteiger partial charge in [0.1, 0.15) is 0 Å². The van der Waals surface area contributed by atoms with Gasteiger partial charge in [0.05, 0.1) is 32.8 Å². The van der Waals surface area contributed by atoms with Crippen molar-refractivity contribution in [2.75, 3.05) is 67.3 Å². The second-order valence-electron chi connectivity index (χ2n) is 11.4. The van der Waals surface area contributed by atoms with Gasteiger partial charge < -0.3 is 23.8 Å². The van der Waals surface area contributed by atoms with Gasteiger partial charge in [0.25, 0.3) is 0 Å². The molecule has 3 heterocycles. The molecule has 13 heteroatoms. The first-order valence-electron chi connectivity index (χ1n) is 15.2. The topological polar surface area (TPSA) is 89.5 Å². The highest BCUT2D eigenvalue weighted by Gasteiger charge is 2.43. The zero-order valence-corrected chi connectivity index (χ0v) is 26.3. The summed E-state index contributed by atoms with van der Waals surface area (Å²) in [5.41, 5.74) is 2.59. The monoisotopic (exact) mass is 643 g/mol. The number of amides is 1. The van der Waals surface area contributed by atoms with Crippen LogP contribution < -0.4 is 14.2 Å². The SMILES string of the molecule is COCCC(=O)N1CCN2C(C(c3ccccc3)c3ccccc3)CN(Cc3c(OC)nc(OC)nc3OCC(F)(F)F)C[C@@H]2C1. The highest BCUT2D eigenvalue weighted by atomic mass is 19.4. The van der Waals surface area contributed by atoms with Crippen LogP contribution in [0.1, 0.15) is 29.0 Å². The normalized spacial score (nSPS) is 19.2. The van der Waals surface area contributed by atoms with Crippen molar-refractivity contribution in [2.24, 2.45) is 0 Å². The highest BCUT2D eigenvalue weighted by Crippen LogP contribution is 2.38. The Labute approximate surface area is 267 Å². The summed E-state index contributed by atoms with van der Waals surface area (Å²) in [7, 11) is 4.29. The first kappa shape index (κ1) is 33.4. The number of fused-ring (bicyclic) bond motifs is 1. The van der Waals surface area contributed by atoms with E-state index in [4.69, 9.17) is 18.9 Å². The second kappa shape index (κ2) is 15.1. The number of hydrogen-bond acceptors (Lipinski definition) is 9. The Hall–Kier alpha value is -3.94. The lowest BCUT2D eigenvalue weighted by Gasteiger charge is -2.53. The Balaban J connectivity index is 1.52. The van der Waals surface area contributed by atoms with E-state index in [1.54, 1.807) is 7.11 Å². The van der Waals surface area contributed by atoms with Crippen LogP contribution in [0.2, 0.25) is 0 Å². The maximum Gasteiger partial charge on any atom is 0.422 e. The first-order valence-corrected chi connectivity index (χ1v) is 15.2. The average Bonchev–Trinajstić information content (AvgIpc) is 3.07. The molecule has 248 valence electrons. The molecule has 2 saturated heterocycles. The highest BCUT2D eigenvalue weighted by molar-refractivity contribution is 5.76. The molecular formula is C33H40F3N5O5. The number of nitrogens with zero attached hydrogens (tertiary/aromatic N) is 5. The predicted octanol–water partition coefficient (Wildman–Crippen LogP) is 4.00. The lowest BCUT2D eigenvalue weighted by molar-refractivity contribution is -0.154. The fourth-order valence-electron chi connectivity index (χ4n) is 6.48. The van der Waals surface area contributed by atoms with Crippen LogP contribution in [0.4, 0.5) is 13.2 Å². The van der Waals surface area contributed by atoms with Crippen LogP contribution in [0.3, 0.4) is 0 Å². The minimum absolute atomic E-state index is 0.0154. The number of ether oxygens (including phenoxy) is 4. The lowest BCUT2D eigenvalue weighted by Crippen LogP contribution is -2.67. The van der Waals surface area contributed by atoms with Crippen molar-refractivity contribution < 1.29 is 36.9 Å². The summed E-state index contributed by atoms with van der Waals surface area (Å²) in [5, 5.41) is 0. The van der Waals surface area contributed by atoms with Crippen LogP contribution in [-0.4, -0.2) is 116 Å². The van der Waals surface area contributed by atoms with E-state index < -0.39 is 12.8 Å². The van der Waals surface area contributed by atoms with Gasteiger partial charge in [-0.15, -0.1) is 0 Å². The summed E-state index contributed by atoms with van der Waals surface area (Å²) in [6, 6.07) is 20.4. The second-order valence-corrected chi connectivity index (χ2v) is 11.4. The fourth-order valence-corrected chi connectivity index (χ4v) is 6.48. The Morgan fingerprint density at radius 1 is 0.891 bits per heavy atom. The number of alkyl halides is 3. The van der Waals surface area contributed by atoms with Gasteiger partial charge in [-0.05, 0) is 11.1 Å². The van der Waals surface area contributed by atoms with Crippen LogP contribution in [0.25, 0.3) is 0 Å². The van der Waals surface area contributed by atoms with Crippen molar-refractivity contribution in [3.05, 3.63) is 77.4 Å². The van der Waals surface area contributed by atoms with E-state index in [-0.39, 0.29) is 48.2 Å². The molecule has 0 aliphatic carbocycles. The number of carbonyl (C=O) groups excluding carboxylic acids is 1. The van der Waals surface area contributed by atoms with E-state index in [1.165, 1.54) is 14.2 Å². The molecular weight excluding hydrogens is 603 g/mol.